The van der Waals surface area contributed by atoms with Crippen molar-refractivity contribution in [1.29, 1.82) is 0 Å². The molecule has 0 atom stereocenters. The third kappa shape index (κ3) is 5.09. The van der Waals surface area contributed by atoms with E-state index in [1.807, 2.05) is 6.07 Å². The second-order valence-corrected chi connectivity index (χ2v) is 7.39. The minimum absolute atomic E-state index is 0.248. The van der Waals surface area contributed by atoms with Crippen LogP contribution in [0.25, 0.3) is 0 Å². The minimum atomic E-state index is -1.08. The molecule has 0 amide bonds. The van der Waals surface area contributed by atoms with Crippen molar-refractivity contribution in [3.05, 3.63) is 64.4 Å². The summed E-state index contributed by atoms with van der Waals surface area (Å²) in [4.78, 5) is 17.6. The lowest BCUT2D eigenvalue weighted by atomic mass is 9.98. The molecule has 0 saturated carbocycles. The third-order valence-electron chi connectivity index (χ3n) is 4.82. The Bertz CT molecular complexity index is 880. The van der Waals surface area contributed by atoms with Gasteiger partial charge in [-0.1, -0.05) is 23.7 Å². The van der Waals surface area contributed by atoms with Crippen LogP contribution in [0, 0.1) is 5.82 Å². The Morgan fingerprint density at radius 3 is 2.64 bits per heavy atom. The monoisotopic (exact) mass is 403 g/mol. The van der Waals surface area contributed by atoms with Crippen molar-refractivity contribution in [1.82, 2.24) is 4.90 Å². The molecule has 3 rings (SSSR count). The summed E-state index contributed by atoms with van der Waals surface area (Å²) in [5.41, 5.74) is 1.89. The average Bonchev–Trinajstić information content (AvgIpc) is 2.66. The van der Waals surface area contributed by atoms with E-state index in [-0.39, 0.29) is 17.3 Å². The van der Waals surface area contributed by atoms with Crippen LogP contribution in [0.4, 0.5) is 10.1 Å². The van der Waals surface area contributed by atoms with Crippen molar-refractivity contribution < 1.29 is 14.3 Å². The molecule has 1 aliphatic rings. The van der Waals surface area contributed by atoms with Crippen LogP contribution in [0.2, 0.25) is 5.02 Å². The summed E-state index contributed by atoms with van der Waals surface area (Å²) in [6.07, 6.45) is 1.97. The van der Waals surface area contributed by atoms with Gasteiger partial charge in [-0.15, -0.1) is 0 Å². The number of aliphatic imine (C=N–C) groups is 1. The van der Waals surface area contributed by atoms with Crippen molar-refractivity contribution in [3.63, 3.8) is 0 Å². The fraction of sp³-hybridized carbons (Fsp3) is 0.333. The first-order valence-corrected chi connectivity index (χ1v) is 9.58. The molecule has 2 aromatic carbocycles. The summed E-state index contributed by atoms with van der Waals surface area (Å²) >= 11 is 6.21. The molecule has 0 aromatic heterocycles. The second-order valence-electron chi connectivity index (χ2n) is 6.95. The quantitative estimate of drug-likeness (QED) is 0.718. The predicted molar refractivity (Wildman–Crippen MR) is 110 cm³/mol. The molecule has 28 heavy (non-hydrogen) atoms. The molecular weight excluding hydrogens is 381 g/mol. The van der Waals surface area contributed by atoms with Gasteiger partial charge < -0.3 is 15.3 Å². The van der Waals surface area contributed by atoms with Gasteiger partial charge in [-0.05, 0) is 63.3 Å². The molecule has 148 valence electrons. The van der Waals surface area contributed by atoms with Gasteiger partial charge >= 0.3 is 5.97 Å². The van der Waals surface area contributed by atoms with Gasteiger partial charge in [0.25, 0.3) is 0 Å². The first kappa shape index (κ1) is 20.3. The highest BCUT2D eigenvalue weighted by Crippen LogP contribution is 2.27. The summed E-state index contributed by atoms with van der Waals surface area (Å²) in [6, 6.07) is 11.8. The maximum absolute atomic E-state index is 14.5. The van der Waals surface area contributed by atoms with Gasteiger partial charge in [0.05, 0.1) is 5.71 Å². The van der Waals surface area contributed by atoms with E-state index in [0.717, 1.165) is 31.6 Å². The SMILES string of the molecule is CN1CCC(Nc2ccc(Cl)cc2/C(=N/CC(=O)O)c2ccccc2F)CC1. The van der Waals surface area contributed by atoms with Gasteiger partial charge in [0, 0.05) is 27.9 Å². The Kier molecular flexibility index (Phi) is 6.65. The molecule has 1 heterocycles. The summed E-state index contributed by atoms with van der Waals surface area (Å²) in [7, 11) is 2.10. The molecule has 1 aliphatic heterocycles. The zero-order chi connectivity index (χ0) is 20.1. The Morgan fingerprint density at radius 2 is 1.96 bits per heavy atom. The van der Waals surface area contributed by atoms with Crippen LogP contribution in [0.3, 0.4) is 0 Å². The molecule has 0 radical (unpaired) electrons. The molecule has 7 heteroatoms. The summed E-state index contributed by atoms with van der Waals surface area (Å²) < 4.78 is 14.5. The number of piperidine rings is 1. The average molecular weight is 404 g/mol. The molecule has 0 bridgehead atoms. The van der Waals surface area contributed by atoms with Crippen molar-refractivity contribution in [2.24, 2.45) is 4.99 Å². The molecule has 1 saturated heterocycles. The highest BCUT2D eigenvalue weighted by Gasteiger charge is 2.21. The zero-order valence-corrected chi connectivity index (χ0v) is 16.4. The van der Waals surface area contributed by atoms with Gasteiger partial charge in [-0.2, -0.15) is 0 Å². The van der Waals surface area contributed by atoms with Crippen LogP contribution in [-0.2, 0) is 4.79 Å². The number of rotatable bonds is 6. The molecule has 0 spiro atoms. The summed E-state index contributed by atoms with van der Waals surface area (Å²) in [5, 5.41) is 13.1. The molecular formula is C21H23ClFN3O2. The van der Waals surface area contributed by atoms with Crippen LogP contribution >= 0.6 is 11.6 Å². The van der Waals surface area contributed by atoms with Gasteiger partial charge in [-0.3, -0.25) is 9.79 Å². The van der Waals surface area contributed by atoms with Crippen molar-refractivity contribution in [3.8, 4) is 0 Å². The predicted octanol–water partition coefficient (Wildman–Crippen LogP) is 3.91. The highest BCUT2D eigenvalue weighted by molar-refractivity contribution is 6.31. The molecule has 5 nitrogen and oxygen atoms in total. The number of nitrogens with one attached hydrogen (secondary N) is 1. The van der Waals surface area contributed by atoms with Crippen LogP contribution in [0.5, 0.6) is 0 Å². The minimum Gasteiger partial charge on any atom is -0.480 e. The summed E-state index contributed by atoms with van der Waals surface area (Å²) in [5.74, 6) is -1.54. The highest BCUT2D eigenvalue weighted by atomic mass is 35.5. The fourth-order valence-electron chi connectivity index (χ4n) is 3.33. The number of hydrogen-bond donors (Lipinski definition) is 2. The number of nitrogens with zero attached hydrogens (tertiary/aromatic N) is 2. The van der Waals surface area contributed by atoms with Crippen LogP contribution < -0.4 is 5.32 Å². The van der Waals surface area contributed by atoms with Crippen LogP contribution in [0.15, 0.2) is 47.5 Å². The van der Waals surface area contributed by atoms with Crippen molar-refractivity contribution in [2.45, 2.75) is 18.9 Å². The van der Waals surface area contributed by atoms with Crippen molar-refractivity contribution in [2.75, 3.05) is 32.0 Å². The topological polar surface area (TPSA) is 64.9 Å². The lowest BCUT2D eigenvalue weighted by Crippen LogP contribution is -2.37. The Morgan fingerprint density at radius 1 is 1.25 bits per heavy atom. The molecule has 1 fully saturated rings. The number of carbonyl (C=O) groups is 1. The number of likely N-dealkylation sites (tertiary alicyclic amines) is 1. The zero-order valence-electron chi connectivity index (χ0n) is 15.7. The van der Waals surface area contributed by atoms with Gasteiger partial charge in [0.2, 0.25) is 0 Å². The number of benzene rings is 2. The molecule has 2 N–H and O–H groups in total. The Hall–Kier alpha value is -2.44. The first-order valence-electron chi connectivity index (χ1n) is 9.20. The van der Waals surface area contributed by atoms with E-state index < -0.39 is 18.3 Å². The van der Waals surface area contributed by atoms with Crippen LogP contribution in [0.1, 0.15) is 24.0 Å². The largest absolute Gasteiger partial charge is 0.480 e. The number of hydrogen-bond acceptors (Lipinski definition) is 4. The van der Waals surface area contributed by atoms with Crippen molar-refractivity contribution >= 4 is 29.0 Å². The third-order valence-corrected chi connectivity index (χ3v) is 5.05. The fourth-order valence-corrected chi connectivity index (χ4v) is 3.50. The Labute approximate surface area is 168 Å². The smallest absolute Gasteiger partial charge is 0.325 e. The van der Waals surface area contributed by atoms with E-state index in [1.165, 1.54) is 6.07 Å². The van der Waals surface area contributed by atoms with E-state index in [9.17, 15) is 9.18 Å². The van der Waals surface area contributed by atoms with E-state index in [1.54, 1.807) is 30.3 Å². The first-order chi connectivity index (χ1) is 13.4. The maximum Gasteiger partial charge on any atom is 0.325 e. The van der Waals surface area contributed by atoms with E-state index in [4.69, 9.17) is 16.7 Å². The number of carboxylic acid groups (broad SMARTS) is 1. The number of halogens is 2. The molecule has 0 aliphatic carbocycles. The van der Waals surface area contributed by atoms with E-state index >= 15 is 0 Å². The number of aliphatic carboxylic acids is 1. The van der Waals surface area contributed by atoms with Gasteiger partial charge in [-0.25, -0.2) is 4.39 Å². The number of anilines is 1. The maximum atomic E-state index is 14.5. The number of carboxylic acids is 1. The molecule has 2 aromatic rings. The standard InChI is InChI=1S/C21H23ClFN3O2/c1-26-10-8-15(9-11-26)25-19-7-6-14(22)12-17(19)21(24-13-20(27)28)16-4-2-3-5-18(16)23/h2-7,12,15,25H,8-11,13H2,1H3,(H,27,28)/b24-21+. The van der Waals surface area contributed by atoms with E-state index in [2.05, 4.69) is 22.3 Å². The van der Waals surface area contributed by atoms with E-state index in [0.29, 0.717) is 10.6 Å². The van der Waals surface area contributed by atoms with Gasteiger partial charge in [0.1, 0.15) is 12.4 Å². The normalized spacial score (nSPS) is 16.2. The lowest BCUT2D eigenvalue weighted by molar-refractivity contribution is -0.135. The van der Waals surface area contributed by atoms with Gasteiger partial charge in [0.15, 0.2) is 0 Å². The molecule has 0 unspecified atom stereocenters. The summed E-state index contributed by atoms with van der Waals surface area (Å²) in [6.45, 7) is 1.53. The Balaban J connectivity index is 2.01. The lowest BCUT2D eigenvalue weighted by Gasteiger charge is -2.31. The van der Waals surface area contributed by atoms with Crippen LogP contribution in [-0.4, -0.2) is 54.4 Å². The second kappa shape index (κ2) is 9.17.